The van der Waals surface area contributed by atoms with Gasteiger partial charge in [0.15, 0.2) is 5.75 Å². The Kier molecular flexibility index (Phi) is 3.93. The zero-order valence-electron chi connectivity index (χ0n) is 12.1. The van der Waals surface area contributed by atoms with Gasteiger partial charge in [0.05, 0.1) is 12.1 Å². The highest BCUT2D eigenvalue weighted by atomic mass is 16.7. The summed E-state index contributed by atoms with van der Waals surface area (Å²) in [4.78, 5) is 31.2. The summed E-state index contributed by atoms with van der Waals surface area (Å²) >= 11 is 0. The zero-order valence-corrected chi connectivity index (χ0v) is 12.1. The largest absolute Gasteiger partial charge is 0.511 e. The van der Waals surface area contributed by atoms with E-state index in [9.17, 15) is 9.59 Å². The third-order valence-electron chi connectivity index (χ3n) is 3.59. The number of pyridine rings is 1. The van der Waals surface area contributed by atoms with E-state index in [2.05, 4.69) is 20.0 Å². The summed E-state index contributed by atoms with van der Waals surface area (Å²) in [6.07, 6.45) is 0.328. The lowest BCUT2D eigenvalue weighted by Gasteiger charge is -2.21. The molecule has 21 heavy (non-hydrogen) atoms. The van der Waals surface area contributed by atoms with Gasteiger partial charge in [0.1, 0.15) is 11.4 Å². The lowest BCUT2D eigenvalue weighted by atomic mass is 9.89. The van der Waals surface area contributed by atoms with E-state index in [-0.39, 0.29) is 24.0 Å². The number of hydrogen-bond acceptors (Lipinski definition) is 5. The fraction of sp³-hybridized carbons (Fsp3) is 0.429. The van der Waals surface area contributed by atoms with E-state index in [4.69, 9.17) is 5.11 Å². The predicted molar refractivity (Wildman–Crippen MR) is 75.4 cm³/mol. The molecule has 1 aliphatic heterocycles. The molecular formula is C14H17N3O4. The summed E-state index contributed by atoms with van der Waals surface area (Å²) in [7, 11) is 0. The first-order valence-corrected chi connectivity index (χ1v) is 6.57. The van der Waals surface area contributed by atoms with Crippen molar-refractivity contribution in [3.8, 4) is 5.75 Å². The van der Waals surface area contributed by atoms with Crippen molar-refractivity contribution in [3.05, 3.63) is 24.0 Å². The first-order valence-electron chi connectivity index (χ1n) is 6.57. The number of carboxylic acid groups (broad SMARTS) is 1. The van der Waals surface area contributed by atoms with E-state index in [1.807, 2.05) is 13.8 Å². The summed E-state index contributed by atoms with van der Waals surface area (Å²) in [6, 6.07) is 3.09. The summed E-state index contributed by atoms with van der Waals surface area (Å²) in [5.74, 6) is 0.489. The molecule has 1 atom stereocenters. The number of carbonyl (C=O) groups excluding carboxylic acids is 1. The topological polar surface area (TPSA) is 101 Å². The molecule has 1 amide bonds. The maximum Gasteiger partial charge on any atom is 0.511 e. The summed E-state index contributed by atoms with van der Waals surface area (Å²) < 4.78 is 4.67. The van der Waals surface area contributed by atoms with Gasteiger partial charge in [-0.15, -0.1) is 0 Å². The molecule has 0 aliphatic carbocycles. The fourth-order valence-corrected chi connectivity index (χ4v) is 1.99. The quantitative estimate of drug-likeness (QED) is 0.821. The number of nitrogens with zero attached hydrogens (tertiary/aromatic N) is 2. The number of hydrogen-bond donors (Lipinski definition) is 2. The van der Waals surface area contributed by atoms with Crippen molar-refractivity contribution in [1.82, 2.24) is 10.3 Å². The van der Waals surface area contributed by atoms with E-state index >= 15 is 0 Å². The van der Waals surface area contributed by atoms with Crippen LogP contribution in [-0.2, 0) is 11.2 Å². The van der Waals surface area contributed by atoms with Gasteiger partial charge in [-0.05, 0) is 25.0 Å². The van der Waals surface area contributed by atoms with Crippen LogP contribution in [0.1, 0.15) is 26.5 Å². The Hall–Kier alpha value is -2.44. The van der Waals surface area contributed by atoms with Crippen LogP contribution in [-0.4, -0.2) is 33.5 Å². The average Bonchev–Trinajstić information content (AvgIpc) is 2.68. The number of amides is 1. The third kappa shape index (κ3) is 3.01. The van der Waals surface area contributed by atoms with Gasteiger partial charge < -0.3 is 15.2 Å². The number of rotatable bonds is 4. The maximum atomic E-state index is 12.0. The van der Waals surface area contributed by atoms with Crippen molar-refractivity contribution in [1.29, 1.82) is 0 Å². The Balaban J connectivity index is 2.24. The van der Waals surface area contributed by atoms with Crippen molar-refractivity contribution < 1.29 is 19.4 Å². The van der Waals surface area contributed by atoms with Crippen LogP contribution >= 0.6 is 0 Å². The van der Waals surface area contributed by atoms with E-state index in [1.165, 1.54) is 12.3 Å². The van der Waals surface area contributed by atoms with E-state index in [0.29, 0.717) is 11.5 Å². The molecule has 0 fully saturated rings. The summed E-state index contributed by atoms with van der Waals surface area (Å²) in [5, 5.41) is 11.4. The highest BCUT2D eigenvalue weighted by molar-refractivity contribution is 6.08. The molecule has 0 bridgehead atoms. The summed E-state index contributed by atoms with van der Waals surface area (Å²) in [5.41, 5.74) is -0.398. The lowest BCUT2D eigenvalue weighted by Crippen LogP contribution is -2.41. The van der Waals surface area contributed by atoms with E-state index in [1.54, 1.807) is 13.0 Å². The molecule has 1 unspecified atom stereocenters. The van der Waals surface area contributed by atoms with Gasteiger partial charge in [-0.3, -0.25) is 14.8 Å². The average molecular weight is 291 g/mol. The minimum Gasteiger partial charge on any atom is -0.449 e. The predicted octanol–water partition coefficient (Wildman–Crippen LogP) is 1.62. The lowest BCUT2D eigenvalue weighted by molar-refractivity contribution is -0.124. The minimum absolute atomic E-state index is 0.0495. The second-order valence-corrected chi connectivity index (χ2v) is 5.31. The second kappa shape index (κ2) is 5.51. The molecule has 2 rings (SSSR count). The normalized spacial score (nSPS) is 21.1. The Morgan fingerprint density at radius 3 is 2.81 bits per heavy atom. The first-order chi connectivity index (χ1) is 9.83. The Morgan fingerprint density at radius 1 is 1.52 bits per heavy atom. The van der Waals surface area contributed by atoms with E-state index in [0.717, 1.165) is 0 Å². The van der Waals surface area contributed by atoms with Crippen molar-refractivity contribution in [2.45, 2.75) is 32.7 Å². The van der Waals surface area contributed by atoms with Crippen molar-refractivity contribution >= 4 is 17.9 Å². The van der Waals surface area contributed by atoms with Crippen LogP contribution in [0.3, 0.4) is 0 Å². The molecule has 0 saturated carbocycles. The fourth-order valence-electron chi connectivity index (χ4n) is 1.99. The van der Waals surface area contributed by atoms with Crippen LogP contribution < -0.4 is 10.1 Å². The van der Waals surface area contributed by atoms with Gasteiger partial charge in [0.2, 0.25) is 0 Å². The molecule has 112 valence electrons. The number of aromatic nitrogens is 1. The zero-order chi connectivity index (χ0) is 15.6. The second-order valence-electron chi connectivity index (χ2n) is 5.31. The highest BCUT2D eigenvalue weighted by Crippen LogP contribution is 2.26. The molecule has 0 aromatic carbocycles. The van der Waals surface area contributed by atoms with Crippen LogP contribution in [0, 0.1) is 5.92 Å². The maximum absolute atomic E-state index is 12.0. The molecule has 0 spiro atoms. The van der Waals surface area contributed by atoms with Crippen molar-refractivity contribution in [2.24, 2.45) is 10.9 Å². The molecule has 1 aromatic heterocycles. The molecule has 1 aliphatic rings. The van der Waals surface area contributed by atoms with Crippen LogP contribution in [0.15, 0.2) is 23.3 Å². The van der Waals surface area contributed by atoms with Crippen molar-refractivity contribution in [2.75, 3.05) is 0 Å². The number of aliphatic imine (C=N–C) groups is 1. The van der Waals surface area contributed by atoms with Crippen molar-refractivity contribution in [3.63, 3.8) is 0 Å². The third-order valence-corrected chi connectivity index (χ3v) is 3.59. The van der Waals surface area contributed by atoms with Crippen LogP contribution in [0.2, 0.25) is 0 Å². The van der Waals surface area contributed by atoms with Crippen LogP contribution in [0.5, 0.6) is 5.75 Å². The van der Waals surface area contributed by atoms with Crippen LogP contribution in [0.4, 0.5) is 4.79 Å². The standard InChI is InChI=1S/C14H17N3O4/c1-8(2)14(3)12(18)16-11(17-14)7-9-10(21-13(19)20)5-4-6-15-9/h4-6,8H,7H2,1-3H3,(H,19,20)(H,16,17,18). The number of nitrogens with one attached hydrogen (secondary N) is 1. The Bertz CT molecular complexity index is 612. The smallest absolute Gasteiger partial charge is 0.449 e. The molecule has 1 aromatic rings. The monoisotopic (exact) mass is 291 g/mol. The molecular weight excluding hydrogens is 274 g/mol. The van der Waals surface area contributed by atoms with Gasteiger partial charge in [-0.25, -0.2) is 4.79 Å². The SMILES string of the molecule is CC(C)C1(C)N=C(Cc2ncccc2OC(=O)O)NC1=O. The van der Waals surface area contributed by atoms with E-state index < -0.39 is 11.7 Å². The van der Waals surface area contributed by atoms with Gasteiger partial charge >= 0.3 is 6.16 Å². The molecule has 0 saturated heterocycles. The van der Waals surface area contributed by atoms with Gasteiger partial charge in [0.25, 0.3) is 5.91 Å². The molecule has 2 N–H and O–H groups in total. The molecule has 7 heteroatoms. The Labute approximate surface area is 122 Å². The van der Waals surface area contributed by atoms with Gasteiger partial charge in [0, 0.05) is 6.20 Å². The number of carbonyl (C=O) groups is 2. The first kappa shape index (κ1) is 15.0. The number of amidine groups is 1. The minimum atomic E-state index is -1.41. The van der Waals surface area contributed by atoms with Crippen LogP contribution in [0.25, 0.3) is 0 Å². The molecule has 7 nitrogen and oxygen atoms in total. The highest BCUT2D eigenvalue weighted by Gasteiger charge is 2.41. The van der Waals surface area contributed by atoms with Gasteiger partial charge in [-0.2, -0.15) is 0 Å². The molecule has 2 heterocycles. The summed E-state index contributed by atoms with van der Waals surface area (Å²) in [6.45, 7) is 5.62. The Morgan fingerprint density at radius 2 is 2.24 bits per heavy atom. The van der Waals surface area contributed by atoms with Gasteiger partial charge in [-0.1, -0.05) is 13.8 Å². The molecule has 0 radical (unpaired) electrons. The number of ether oxygens (including phenoxy) is 1.